The van der Waals surface area contributed by atoms with Gasteiger partial charge in [0.05, 0.1) is 11.5 Å². The van der Waals surface area contributed by atoms with E-state index in [2.05, 4.69) is 38.3 Å². The van der Waals surface area contributed by atoms with E-state index in [9.17, 15) is 9.59 Å². The molecule has 1 aliphatic carbocycles. The molecule has 5 nitrogen and oxygen atoms in total. The molecule has 2 heterocycles. The fourth-order valence-electron chi connectivity index (χ4n) is 5.51. The summed E-state index contributed by atoms with van der Waals surface area (Å²) in [5.74, 6) is 0.670. The molecule has 2 aliphatic heterocycles. The van der Waals surface area contributed by atoms with Crippen LogP contribution in [0.15, 0.2) is 53.0 Å². The molecule has 1 unspecified atom stereocenters. The van der Waals surface area contributed by atoms with Crippen LogP contribution in [0.1, 0.15) is 55.7 Å². The smallest absolute Gasteiger partial charge is 0.229 e. The van der Waals surface area contributed by atoms with E-state index in [1.165, 1.54) is 5.56 Å². The topological polar surface area (TPSA) is 52.7 Å². The Balaban J connectivity index is 1.15. The van der Waals surface area contributed by atoms with Crippen molar-refractivity contribution in [2.24, 2.45) is 11.3 Å². The van der Waals surface area contributed by atoms with E-state index in [4.69, 9.17) is 11.6 Å². The number of nitrogens with zero attached hydrogens (tertiary/aromatic N) is 2. The third kappa shape index (κ3) is 5.92. The summed E-state index contributed by atoms with van der Waals surface area (Å²) < 4.78 is 1.06. The Morgan fingerprint density at radius 3 is 2.49 bits per heavy atom. The van der Waals surface area contributed by atoms with Gasteiger partial charge in [-0.1, -0.05) is 51.8 Å². The third-order valence-electron chi connectivity index (χ3n) is 7.95. The largest absolute Gasteiger partial charge is 0.349 e. The second-order valence-electron chi connectivity index (χ2n) is 10.4. The summed E-state index contributed by atoms with van der Waals surface area (Å²) in [7, 11) is 0. The molecule has 3 aliphatic rings. The Labute approximate surface area is 221 Å². The Morgan fingerprint density at radius 1 is 1.09 bits per heavy atom. The van der Waals surface area contributed by atoms with Crippen molar-refractivity contribution in [3.63, 3.8) is 0 Å². The minimum Gasteiger partial charge on any atom is -0.349 e. The number of nitrogens with one attached hydrogen (secondary N) is 1. The molecule has 1 spiro atoms. The standard InChI is InChI=1S/C28H33BrClN3O2/c29-23-8-4-20(5-9-23)19-33-17-13-28(27(33)35)11-15-32(16-12-28)14-10-25(31-26(34)21-6-7-21)22-2-1-3-24(30)18-22/h1-5,8-9,18,21,25H,6-7,10-17,19H2,(H,31,34). The lowest BCUT2D eigenvalue weighted by Gasteiger charge is -2.38. The number of benzene rings is 2. The molecule has 1 saturated carbocycles. The zero-order valence-electron chi connectivity index (χ0n) is 20.0. The molecule has 0 bridgehead atoms. The van der Waals surface area contributed by atoms with Crippen LogP contribution in [0.3, 0.4) is 0 Å². The predicted molar refractivity (Wildman–Crippen MR) is 142 cm³/mol. The van der Waals surface area contributed by atoms with E-state index in [1.807, 2.05) is 41.3 Å². The number of carbonyl (C=O) groups excluding carboxylic acids is 2. The van der Waals surface area contributed by atoms with E-state index in [-0.39, 0.29) is 23.3 Å². The first-order valence-electron chi connectivity index (χ1n) is 12.7. The minimum atomic E-state index is -0.196. The molecule has 1 atom stereocenters. The maximum Gasteiger partial charge on any atom is 0.229 e. The fraction of sp³-hybridized carbons (Fsp3) is 0.500. The number of hydrogen-bond acceptors (Lipinski definition) is 3. The summed E-state index contributed by atoms with van der Waals surface area (Å²) in [5, 5.41) is 3.96. The Morgan fingerprint density at radius 2 is 1.80 bits per heavy atom. The molecule has 5 rings (SSSR count). The van der Waals surface area contributed by atoms with Crippen LogP contribution in [-0.2, 0) is 16.1 Å². The van der Waals surface area contributed by atoms with Crippen LogP contribution in [0, 0.1) is 11.3 Å². The van der Waals surface area contributed by atoms with Crippen molar-refractivity contribution in [3.8, 4) is 0 Å². The molecule has 2 aromatic rings. The summed E-state index contributed by atoms with van der Waals surface area (Å²) in [6, 6.07) is 16.0. The molecule has 7 heteroatoms. The molecule has 35 heavy (non-hydrogen) atoms. The summed E-state index contributed by atoms with van der Waals surface area (Å²) in [6.45, 7) is 4.29. The van der Waals surface area contributed by atoms with Crippen molar-refractivity contribution in [1.82, 2.24) is 15.1 Å². The first-order valence-corrected chi connectivity index (χ1v) is 13.9. The number of piperidine rings is 1. The van der Waals surface area contributed by atoms with Crippen LogP contribution in [0.2, 0.25) is 5.02 Å². The van der Waals surface area contributed by atoms with Gasteiger partial charge >= 0.3 is 0 Å². The maximum absolute atomic E-state index is 13.4. The van der Waals surface area contributed by atoms with Gasteiger partial charge in [-0.05, 0) is 87.0 Å². The van der Waals surface area contributed by atoms with E-state index in [0.717, 1.165) is 74.7 Å². The zero-order chi connectivity index (χ0) is 24.4. The van der Waals surface area contributed by atoms with Gasteiger partial charge in [0.2, 0.25) is 11.8 Å². The number of carbonyl (C=O) groups is 2. The fourth-order valence-corrected chi connectivity index (χ4v) is 5.98. The van der Waals surface area contributed by atoms with Crippen molar-refractivity contribution >= 4 is 39.3 Å². The first kappa shape index (κ1) is 24.8. The van der Waals surface area contributed by atoms with Gasteiger partial charge in [-0.15, -0.1) is 0 Å². The molecular weight excluding hydrogens is 526 g/mol. The lowest BCUT2D eigenvalue weighted by molar-refractivity contribution is -0.139. The SMILES string of the molecule is O=C(NC(CCN1CCC2(CC1)CCN(Cc1ccc(Br)cc1)C2=O)c1cccc(Cl)c1)C1CC1. The van der Waals surface area contributed by atoms with Crippen LogP contribution < -0.4 is 5.32 Å². The second kappa shape index (κ2) is 10.6. The zero-order valence-corrected chi connectivity index (χ0v) is 22.4. The van der Waals surface area contributed by atoms with Crippen molar-refractivity contribution < 1.29 is 9.59 Å². The van der Waals surface area contributed by atoms with Gasteiger partial charge in [-0.3, -0.25) is 9.59 Å². The number of rotatable bonds is 8. The van der Waals surface area contributed by atoms with Crippen LogP contribution in [0.4, 0.5) is 0 Å². The van der Waals surface area contributed by atoms with E-state index in [0.29, 0.717) is 17.5 Å². The first-order chi connectivity index (χ1) is 16.9. The number of amides is 2. The average molecular weight is 559 g/mol. The lowest BCUT2D eigenvalue weighted by Crippen LogP contribution is -2.45. The Kier molecular flexibility index (Phi) is 7.52. The molecule has 0 radical (unpaired) electrons. The summed E-state index contributed by atoms with van der Waals surface area (Å²) in [6.07, 6.45) is 5.62. The van der Waals surface area contributed by atoms with Gasteiger partial charge in [-0.25, -0.2) is 0 Å². The molecule has 2 saturated heterocycles. The molecule has 2 amide bonds. The van der Waals surface area contributed by atoms with Crippen LogP contribution >= 0.6 is 27.5 Å². The highest BCUT2D eigenvalue weighted by Gasteiger charge is 2.47. The molecule has 3 fully saturated rings. The van der Waals surface area contributed by atoms with Crippen LogP contribution in [0.25, 0.3) is 0 Å². The van der Waals surface area contributed by atoms with Gasteiger partial charge in [0.1, 0.15) is 0 Å². The highest BCUT2D eigenvalue weighted by atomic mass is 79.9. The van der Waals surface area contributed by atoms with Crippen LogP contribution in [0.5, 0.6) is 0 Å². The number of likely N-dealkylation sites (tertiary alicyclic amines) is 2. The van der Waals surface area contributed by atoms with Crippen molar-refractivity contribution in [1.29, 1.82) is 0 Å². The summed E-state index contributed by atoms with van der Waals surface area (Å²) in [4.78, 5) is 30.4. The maximum atomic E-state index is 13.4. The normalized spacial score (nSPS) is 20.9. The lowest BCUT2D eigenvalue weighted by atomic mass is 9.77. The molecule has 2 aromatic carbocycles. The van der Waals surface area contributed by atoms with Crippen molar-refractivity contribution in [2.45, 2.75) is 51.1 Å². The quantitative estimate of drug-likeness (QED) is 0.461. The van der Waals surface area contributed by atoms with Gasteiger partial charge < -0.3 is 15.1 Å². The van der Waals surface area contributed by atoms with Crippen LogP contribution in [-0.4, -0.2) is 47.8 Å². The molecule has 0 aromatic heterocycles. The van der Waals surface area contributed by atoms with Gasteiger partial charge in [0.15, 0.2) is 0 Å². The summed E-state index contributed by atoms with van der Waals surface area (Å²) in [5.41, 5.74) is 2.05. The Bertz CT molecular complexity index is 1060. The van der Waals surface area contributed by atoms with E-state index >= 15 is 0 Å². The van der Waals surface area contributed by atoms with Gasteiger partial charge in [0.25, 0.3) is 0 Å². The van der Waals surface area contributed by atoms with Gasteiger partial charge in [-0.2, -0.15) is 0 Å². The average Bonchev–Trinajstić information content (AvgIpc) is 3.67. The second-order valence-corrected chi connectivity index (χ2v) is 11.8. The third-order valence-corrected chi connectivity index (χ3v) is 8.71. The number of halogens is 2. The molecule has 186 valence electrons. The minimum absolute atomic E-state index is 0.0350. The molecule has 1 N–H and O–H groups in total. The summed E-state index contributed by atoms with van der Waals surface area (Å²) >= 11 is 9.72. The molecular formula is C28H33BrClN3O2. The predicted octanol–water partition coefficient (Wildman–Crippen LogP) is 5.57. The highest BCUT2D eigenvalue weighted by molar-refractivity contribution is 9.10. The van der Waals surface area contributed by atoms with Crippen molar-refractivity contribution in [3.05, 3.63) is 69.2 Å². The van der Waals surface area contributed by atoms with E-state index < -0.39 is 0 Å². The van der Waals surface area contributed by atoms with E-state index in [1.54, 1.807) is 0 Å². The van der Waals surface area contributed by atoms with Gasteiger partial charge in [0, 0.05) is 35.0 Å². The monoisotopic (exact) mass is 557 g/mol. The van der Waals surface area contributed by atoms with Crippen molar-refractivity contribution in [2.75, 3.05) is 26.2 Å². The Hall–Kier alpha value is -1.89. The number of hydrogen-bond donors (Lipinski definition) is 1. The highest BCUT2D eigenvalue weighted by Crippen LogP contribution is 2.42.